The predicted molar refractivity (Wildman–Crippen MR) is 82.8 cm³/mol. The van der Waals surface area contributed by atoms with Crippen molar-refractivity contribution in [2.45, 2.75) is 33.4 Å². The Kier molecular flexibility index (Phi) is 5.69. The molecule has 0 fully saturated rings. The first-order valence-corrected chi connectivity index (χ1v) is 7.33. The zero-order valence-electron chi connectivity index (χ0n) is 12.9. The van der Waals surface area contributed by atoms with Gasteiger partial charge in [-0.3, -0.25) is 0 Å². The Morgan fingerprint density at radius 2 is 1.95 bits per heavy atom. The predicted octanol–water partition coefficient (Wildman–Crippen LogP) is 3.54. The maximum absolute atomic E-state index is 5.79. The van der Waals surface area contributed by atoms with E-state index in [0.29, 0.717) is 6.61 Å². The van der Waals surface area contributed by atoms with Gasteiger partial charge in [0, 0.05) is 12.1 Å². The van der Waals surface area contributed by atoms with Crippen molar-refractivity contribution in [3.8, 4) is 11.5 Å². The molecule has 114 valence electrons. The van der Waals surface area contributed by atoms with Gasteiger partial charge in [-0.05, 0) is 36.7 Å². The van der Waals surface area contributed by atoms with Crippen LogP contribution in [0, 0.1) is 0 Å². The summed E-state index contributed by atoms with van der Waals surface area (Å²) in [5, 5.41) is 3.26. The van der Waals surface area contributed by atoms with Crippen LogP contribution >= 0.6 is 0 Å². The second kappa shape index (κ2) is 7.74. The SMILES string of the molecule is CCNCc1coc(COc2ccc(CC)cc2OC)c1. The summed E-state index contributed by atoms with van der Waals surface area (Å²) < 4.78 is 16.7. The van der Waals surface area contributed by atoms with Crippen molar-refractivity contribution in [3.05, 3.63) is 47.4 Å². The summed E-state index contributed by atoms with van der Waals surface area (Å²) in [6.45, 7) is 6.35. The molecule has 0 bridgehead atoms. The summed E-state index contributed by atoms with van der Waals surface area (Å²) in [4.78, 5) is 0. The number of benzene rings is 1. The molecule has 21 heavy (non-hydrogen) atoms. The number of hydrogen-bond acceptors (Lipinski definition) is 4. The molecule has 0 atom stereocenters. The highest BCUT2D eigenvalue weighted by molar-refractivity contribution is 5.43. The lowest BCUT2D eigenvalue weighted by Gasteiger charge is -2.10. The summed E-state index contributed by atoms with van der Waals surface area (Å²) in [5.41, 5.74) is 2.36. The summed E-state index contributed by atoms with van der Waals surface area (Å²) in [7, 11) is 1.66. The third-order valence-corrected chi connectivity index (χ3v) is 3.29. The lowest BCUT2D eigenvalue weighted by molar-refractivity contribution is 0.256. The van der Waals surface area contributed by atoms with Crippen molar-refractivity contribution < 1.29 is 13.9 Å². The normalized spacial score (nSPS) is 10.6. The molecule has 4 nitrogen and oxygen atoms in total. The van der Waals surface area contributed by atoms with Crippen LogP contribution in [0.15, 0.2) is 34.9 Å². The van der Waals surface area contributed by atoms with E-state index in [1.54, 1.807) is 13.4 Å². The molecule has 0 amide bonds. The highest BCUT2D eigenvalue weighted by Crippen LogP contribution is 2.29. The zero-order valence-corrected chi connectivity index (χ0v) is 12.9. The molecule has 0 spiro atoms. The number of furan rings is 1. The van der Waals surface area contributed by atoms with Crippen molar-refractivity contribution in [1.82, 2.24) is 5.32 Å². The fraction of sp³-hybridized carbons (Fsp3) is 0.412. The van der Waals surface area contributed by atoms with Crippen LogP contribution in [0.4, 0.5) is 0 Å². The molecule has 0 radical (unpaired) electrons. The lowest BCUT2D eigenvalue weighted by atomic mass is 10.1. The molecule has 0 saturated heterocycles. The topological polar surface area (TPSA) is 43.6 Å². The molecule has 1 N–H and O–H groups in total. The molecule has 0 aliphatic heterocycles. The Morgan fingerprint density at radius 1 is 1.10 bits per heavy atom. The molecule has 0 saturated carbocycles. The Bertz CT molecular complexity index is 563. The smallest absolute Gasteiger partial charge is 0.161 e. The summed E-state index contributed by atoms with van der Waals surface area (Å²) >= 11 is 0. The summed E-state index contributed by atoms with van der Waals surface area (Å²) in [5.74, 6) is 2.30. The Morgan fingerprint density at radius 3 is 2.67 bits per heavy atom. The van der Waals surface area contributed by atoms with E-state index in [2.05, 4.69) is 25.2 Å². The van der Waals surface area contributed by atoms with Crippen LogP contribution in [0.2, 0.25) is 0 Å². The first-order chi connectivity index (χ1) is 10.3. The molecule has 2 rings (SSSR count). The van der Waals surface area contributed by atoms with Gasteiger partial charge in [-0.1, -0.05) is 19.9 Å². The third-order valence-electron chi connectivity index (χ3n) is 3.29. The van der Waals surface area contributed by atoms with Gasteiger partial charge in [0.1, 0.15) is 12.4 Å². The Labute approximate surface area is 126 Å². The minimum absolute atomic E-state index is 0.397. The van der Waals surface area contributed by atoms with E-state index in [1.165, 1.54) is 5.56 Å². The Balaban J connectivity index is 1.97. The molecular formula is C17H23NO3. The number of rotatable bonds is 8. The third kappa shape index (κ3) is 4.26. The fourth-order valence-corrected chi connectivity index (χ4v) is 2.06. The molecule has 4 heteroatoms. The molecule has 0 aliphatic carbocycles. The van der Waals surface area contributed by atoms with Crippen LogP contribution in [-0.4, -0.2) is 13.7 Å². The van der Waals surface area contributed by atoms with Gasteiger partial charge in [0.05, 0.1) is 13.4 Å². The van der Waals surface area contributed by atoms with Gasteiger partial charge < -0.3 is 19.2 Å². The van der Waals surface area contributed by atoms with Gasteiger partial charge >= 0.3 is 0 Å². The minimum atomic E-state index is 0.397. The standard InChI is InChI=1S/C17H23NO3/c1-4-13-6-7-16(17(9-13)19-3)21-12-15-8-14(11-20-15)10-18-5-2/h6-9,11,18H,4-5,10,12H2,1-3H3. The van der Waals surface area contributed by atoms with Gasteiger partial charge in [0.2, 0.25) is 0 Å². The van der Waals surface area contributed by atoms with E-state index in [-0.39, 0.29) is 0 Å². The molecule has 1 aromatic heterocycles. The second-order valence-corrected chi connectivity index (χ2v) is 4.83. The van der Waals surface area contributed by atoms with Crippen LogP contribution in [-0.2, 0) is 19.6 Å². The second-order valence-electron chi connectivity index (χ2n) is 4.83. The quantitative estimate of drug-likeness (QED) is 0.807. The van der Waals surface area contributed by atoms with E-state index in [9.17, 15) is 0 Å². The van der Waals surface area contributed by atoms with Crippen LogP contribution in [0.5, 0.6) is 11.5 Å². The lowest BCUT2D eigenvalue weighted by Crippen LogP contribution is -2.10. The van der Waals surface area contributed by atoms with E-state index < -0.39 is 0 Å². The van der Waals surface area contributed by atoms with Gasteiger partial charge in [0.15, 0.2) is 11.5 Å². The van der Waals surface area contributed by atoms with Crippen LogP contribution in [0.25, 0.3) is 0 Å². The first kappa shape index (κ1) is 15.4. The first-order valence-electron chi connectivity index (χ1n) is 7.33. The van der Waals surface area contributed by atoms with E-state index in [4.69, 9.17) is 13.9 Å². The van der Waals surface area contributed by atoms with Crippen LogP contribution in [0.3, 0.4) is 0 Å². The zero-order chi connectivity index (χ0) is 15.1. The van der Waals surface area contributed by atoms with Gasteiger partial charge in [0.25, 0.3) is 0 Å². The number of hydrogen-bond donors (Lipinski definition) is 1. The molecular weight excluding hydrogens is 266 g/mol. The number of methoxy groups -OCH3 is 1. The van der Waals surface area contributed by atoms with Gasteiger partial charge in [-0.15, -0.1) is 0 Å². The summed E-state index contributed by atoms with van der Waals surface area (Å²) in [6, 6.07) is 8.01. The summed E-state index contributed by atoms with van der Waals surface area (Å²) in [6.07, 6.45) is 2.74. The number of aryl methyl sites for hydroxylation is 1. The number of ether oxygens (including phenoxy) is 2. The average molecular weight is 289 g/mol. The van der Waals surface area contributed by atoms with Crippen molar-refractivity contribution in [3.63, 3.8) is 0 Å². The van der Waals surface area contributed by atoms with Crippen LogP contribution < -0.4 is 14.8 Å². The largest absolute Gasteiger partial charge is 0.493 e. The monoisotopic (exact) mass is 289 g/mol. The minimum Gasteiger partial charge on any atom is -0.493 e. The highest BCUT2D eigenvalue weighted by Gasteiger charge is 2.07. The van der Waals surface area contributed by atoms with Crippen LogP contribution in [0.1, 0.15) is 30.7 Å². The maximum atomic E-state index is 5.79. The van der Waals surface area contributed by atoms with E-state index in [0.717, 1.165) is 42.3 Å². The van der Waals surface area contributed by atoms with Crippen molar-refractivity contribution in [1.29, 1.82) is 0 Å². The van der Waals surface area contributed by atoms with Crippen molar-refractivity contribution in [2.24, 2.45) is 0 Å². The Hall–Kier alpha value is -1.94. The molecule has 1 heterocycles. The van der Waals surface area contributed by atoms with Gasteiger partial charge in [-0.25, -0.2) is 0 Å². The van der Waals surface area contributed by atoms with E-state index in [1.807, 2.05) is 18.2 Å². The number of nitrogens with one attached hydrogen (secondary N) is 1. The molecule has 1 aromatic carbocycles. The van der Waals surface area contributed by atoms with Gasteiger partial charge in [-0.2, -0.15) is 0 Å². The average Bonchev–Trinajstić information content (AvgIpc) is 2.98. The highest BCUT2D eigenvalue weighted by atomic mass is 16.5. The maximum Gasteiger partial charge on any atom is 0.161 e. The molecule has 0 aliphatic rings. The van der Waals surface area contributed by atoms with Crippen molar-refractivity contribution >= 4 is 0 Å². The van der Waals surface area contributed by atoms with E-state index >= 15 is 0 Å². The molecule has 0 unspecified atom stereocenters. The van der Waals surface area contributed by atoms with Crippen molar-refractivity contribution in [2.75, 3.05) is 13.7 Å². The molecule has 2 aromatic rings. The fourth-order valence-electron chi connectivity index (χ4n) is 2.06.